The first-order valence-corrected chi connectivity index (χ1v) is 14.7. The average Bonchev–Trinajstić information content (AvgIpc) is 3.20. The Labute approximate surface area is 222 Å². The molecule has 0 atom stereocenters. The quantitative estimate of drug-likeness (QED) is 0.210. The molecule has 1 saturated heterocycles. The summed E-state index contributed by atoms with van der Waals surface area (Å²) in [6.45, 7) is 13.2. The third-order valence-electron chi connectivity index (χ3n) is 8.79. The summed E-state index contributed by atoms with van der Waals surface area (Å²) >= 11 is 3.80. The van der Waals surface area contributed by atoms with Crippen molar-refractivity contribution in [3.05, 3.63) is 52.0 Å². The SMILES string of the molecule is CCCCCCC1(CCCCCC)c2cc(Br)ccc2-c2ccc(B3OC(C)(C)C(C)(C)O3)cc21. The van der Waals surface area contributed by atoms with Gasteiger partial charge in [-0.25, -0.2) is 0 Å². The fourth-order valence-corrected chi connectivity index (χ4v) is 6.34. The van der Waals surface area contributed by atoms with Crippen LogP contribution in [0.5, 0.6) is 0 Å². The Bertz CT molecular complexity index is 1000. The molecule has 4 rings (SSSR count). The van der Waals surface area contributed by atoms with E-state index in [1.807, 2.05) is 0 Å². The second-order valence-corrected chi connectivity index (χ2v) is 12.7. The van der Waals surface area contributed by atoms with Crippen LogP contribution >= 0.6 is 15.9 Å². The van der Waals surface area contributed by atoms with Gasteiger partial charge in [0.15, 0.2) is 0 Å². The molecule has 1 heterocycles. The first-order chi connectivity index (χ1) is 16.6. The second-order valence-electron chi connectivity index (χ2n) is 11.8. The molecule has 0 spiro atoms. The molecule has 2 aromatic carbocycles. The maximum absolute atomic E-state index is 6.47. The number of rotatable bonds is 11. The molecule has 0 amide bonds. The van der Waals surface area contributed by atoms with Crippen LogP contribution in [0, 0.1) is 0 Å². The minimum atomic E-state index is -0.331. The van der Waals surface area contributed by atoms with Crippen LogP contribution < -0.4 is 5.46 Å². The van der Waals surface area contributed by atoms with Crippen LogP contribution in [0.4, 0.5) is 0 Å². The monoisotopic (exact) mass is 538 g/mol. The van der Waals surface area contributed by atoms with Crippen LogP contribution in [-0.2, 0) is 14.7 Å². The zero-order valence-corrected chi connectivity index (χ0v) is 24.4. The Kier molecular flexibility index (Phi) is 8.25. The fourth-order valence-electron chi connectivity index (χ4n) is 5.98. The molecule has 0 unspecified atom stereocenters. The third-order valence-corrected chi connectivity index (χ3v) is 9.28. The molecule has 4 heteroatoms. The molecule has 0 aromatic heterocycles. The van der Waals surface area contributed by atoms with Gasteiger partial charge in [-0.1, -0.05) is 105 Å². The van der Waals surface area contributed by atoms with E-state index in [0.717, 1.165) is 5.46 Å². The van der Waals surface area contributed by atoms with E-state index in [1.54, 1.807) is 0 Å². The molecule has 1 aliphatic heterocycles. The van der Waals surface area contributed by atoms with E-state index in [4.69, 9.17) is 9.31 Å². The molecule has 1 aliphatic carbocycles. The lowest BCUT2D eigenvalue weighted by Gasteiger charge is -2.33. The lowest BCUT2D eigenvalue weighted by atomic mass is 9.68. The van der Waals surface area contributed by atoms with Crippen molar-refractivity contribution >= 4 is 28.5 Å². The van der Waals surface area contributed by atoms with Crippen LogP contribution in [0.3, 0.4) is 0 Å². The number of benzene rings is 2. The highest BCUT2D eigenvalue weighted by molar-refractivity contribution is 9.10. The summed E-state index contributed by atoms with van der Waals surface area (Å²) < 4.78 is 14.1. The normalized spacial score (nSPS) is 19.1. The molecule has 2 aromatic rings. The van der Waals surface area contributed by atoms with Crippen molar-refractivity contribution < 1.29 is 9.31 Å². The van der Waals surface area contributed by atoms with Gasteiger partial charge in [-0.05, 0) is 80.4 Å². The van der Waals surface area contributed by atoms with Crippen molar-refractivity contribution in [2.75, 3.05) is 0 Å². The molecule has 190 valence electrons. The first kappa shape index (κ1) is 27.0. The van der Waals surface area contributed by atoms with E-state index in [0.29, 0.717) is 0 Å². The molecule has 0 N–H and O–H groups in total. The number of halogens is 1. The number of hydrogen-bond donors (Lipinski definition) is 0. The van der Waals surface area contributed by atoms with Crippen molar-refractivity contribution in [2.45, 2.75) is 122 Å². The van der Waals surface area contributed by atoms with Gasteiger partial charge < -0.3 is 9.31 Å². The molecule has 35 heavy (non-hydrogen) atoms. The van der Waals surface area contributed by atoms with E-state index in [-0.39, 0.29) is 23.7 Å². The van der Waals surface area contributed by atoms with E-state index < -0.39 is 0 Å². The summed E-state index contributed by atoms with van der Waals surface area (Å²) in [6, 6.07) is 13.9. The van der Waals surface area contributed by atoms with Crippen LogP contribution in [0.25, 0.3) is 11.1 Å². The fraction of sp³-hybridized carbons (Fsp3) is 0.613. The van der Waals surface area contributed by atoms with Gasteiger partial charge in [0, 0.05) is 9.89 Å². The maximum atomic E-state index is 6.47. The largest absolute Gasteiger partial charge is 0.494 e. The highest BCUT2D eigenvalue weighted by atomic mass is 79.9. The van der Waals surface area contributed by atoms with Crippen LogP contribution in [0.2, 0.25) is 0 Å². The molecule has 2 nitrogen and oxygen atoms in total. The predicted octanol–water partition coefficient (Wildman–Crippen LogP) is 8.96. The van der Waals surface area contributed by atoms with Crippen molar-refractivity contribution in [1.29, 1.82) is 0 Å². The average molecular weight is 539 g/mol. The zero-order valence-electron chi connectivity index (χ0n) is 22.8. The molecule has 1 fully saturated rings. The summed E-state index contributed by atoms with van der Waals surface area (Å²) in [7, 11) is -0.321. The highest BCUT2D eigenvalue weighted by Gasteiger charge is 2.52. The topological polar surface area (TPSA) is 18.5 Å². The lowest BCUT2D eigenvalue weighted by molar-refractivity contribution is 0.00578. The predicted molar refractivity (Wildman–Crippen MR) is 154 cm³/mol. The van der Waals surface area contributed by atoms with Crippen LogP contribution in [-0.4, -0.2) is 18.3 Å². The summed E-state index contributed by atoms with van der Waals surface area (Å²) in [4.78, 5) is 0. The standard InChI is InChI=1S/C31H44BBrO2/c1-7-9-11-13-19-31(20-14-12-10-8-2)27-21-23(32-34-29(3,4)30(5,6)35-32)15-17-25(27)26-18-16-24(33)22-28(26)31/h15-18,21-22H,7-14,19-20H2,1-6H3. The minimum absolute atomic E-state index is 0.0651. The summed E-state index contributed by atoms with van der Waals surface area (Å²) in [5, 5.41) is 0. The van der Waals surface area contributed by atoms with Gasteiger partial charge >= 0.3 is 7.12 Å². The minimum Gasteiger partial charge on any atom is -0.399 e. The molecule has 2 aliphatic rings. The molecule has 0 bridgehead atoms. The number of hydrogen-bond acceptors (Lipinski definition) is 2. The Hall–Kier alpha value is -1.10. The van der Waals surface area contributed by atoms with Crippen LogP contribution in [0.1, 0.15) is 117 Å². The molecule has 0 saturated carbocycles. The Morgan fingerprint density at radius 1 is 0.686 bits per heavy atom. The number of fused-ring (bicyclic) bond motifs is 3. The van der Waals surface area contributed by atoms with Gasteiger partial charge in [-0.3, -0.25) is 0 Å². The highest BCUT2D eigenvalue weighted by Crippen LogP contribution is 2.54. The summed E-state index contributed by atoms with van der Waals surface area (Å²) in [5.41, 5.74) is 6.38. The van der Waals surface area contributed by atoms with E-state index >= 15 is 0 Å². The first-order valence-electron chi connectivity index (χ1n) is 14.0. The maximum Gasteiger partial charge on any atom is 0.494 e. The van der Waals surface area contributed by atoms with Gasteiger partial charge in [-0.15, -0.1) is 0 Å². The Balaban J connectivity index is 1.77. The third kappa shape index (κ3) is 5.18. The molecule has 0 radical (unpaired) electrons. The van der Waals surface area contributed by atoms with E-state index in [1.165, 1.54) is 90.9 Å². The van der Waals surface area contributed by atoms with Gasteiger partial charge in [-0.2, -0.15) is 0 Å². The van der Waals surface area contributed by atoms with Gasteiger partial charge in [0.2, 0.25) is 0 Å². The van der Waals surface area contributed by atoms with Crippen molar-refractivity contribution in [1.82, 2.24) is 0 Å². The molecular formula is C31H44BBrO2. The number of unbranched alkanes of at least 4 members (excludes halogenated alkanes) is 6. The Morgan fingerprint density at radius 3 is 1.74 bits per heavy atom. The van der Waals surface area contributed by atoms with Crippen molar-refractivity contribution in [3.8, 4) is 11.1 Å². The molecular weight excluding hydrogens is 495 g/mol. The van der Waals surface area contributed by atoms with Gasteiger partial charge in [0.1, 0.15) is 0 Å². The van der Waals surface area contributed by atoms with E-state index in [2.05, 4.69) is 93.9 Å². The zero-order chi connectivity index (χ0) is 25.3. The van der Waals surface area contributed by atoms with E-state index in [9.17, 15) is 0 Å². The summed E-state index contributed by atoms with van der Waals surface area (Å²) in [6.07, 6.45) is 12.8. The van der Waals surface area contributed by atoms with Crippen molar-refractivity contribution in [3.63, 3.8) is 0 Å². The van der Waals surface area contributed by atoms with Crippen molar-refractivity contribution in [2.24, 2.45) is 0 Å². The van der Waals surface area contributed by atoms with Crippen LogP contribution in [0.15, 0.2) is 40.9 Å². The van der Waals surface area contributed by atoms with Gasteiger partial charge in [0.25, 0.3) is 0 Å². The Morgan fingerprint density at radius 2 is 1.20 bits per heavy atom. The van der Waals surface area contributed by atoms with Gasteiger partial charge in [0.05, 0.1) is 11.2 Å². The summed E-state index contributed by atoms with van der Waals surface area (Å²) in [5.74, 6) is 0. The smallest absolute Gasteiger partial charge is 0.399 e. The second kappa shape index (κ2) is 10.7. The lowest BCUT2D eigenvalue weighted by Crippen LogP contribution is -2.41.